The Kier molecular flexibility index (Phi) is 3.98. The summed E-state index contributed by atoms with van der Waals surface area (Å²) in [6.45, 7) is 2.28. The van der Waals surface area contributed by atoms with E-state index in [9.17, 15) is 0 Å². The molecule has 4 heteroatoms. The van der Waals surface area contributed by atoms with Crippen molar-refractivity contribution in [1.29, 1.82) is 0 Å². The van der Waals surface area contributed by atoms with Gasteiger partial charge in [-0.3, -0.25) is 0 Å². The highest BCUT2D eigenvalue weighted by molar-refractivity contribution is 7.03. The summed E-state index contributed by atoms with van der Waals surface area (Å²) in [5.74, 6) is 1.55. The highest BCUT2D eigenvalue weighted by atomic mass is 35.5. The van der Waals surface area contributed by atoms with Gasteiger partial charge in [0.1, 0.15) is 0 Å². The third-order valence-electron chi connectivity index (χ3n) is 3.48. The summed E-state index contributed by atoms with van der Waals surface area (Å²) in [6, 6.07) is 0. The molecule has 1 aromatic rings. The number of hydrogen-bond acceptors (Lipinski definition) is 3. The van der Waals surface area contributed by atoms with Gasteiger partial charge in [-0.15, -0.1) is 16.7 Å². The van der Waals surface area contributed by atoms with E-state index in [1.807, 2.05) is 0 Å². The standard InChI is InChI=1S/C11H17ClN2S/c1-2-8-3-4-10(12)5-9(8)6-11-7-15-14-13-11/h7-10H,2-6H2,1H3. The summed E-state index contributed by atoms with van der Waals surface area (Å²) in [5.41, 5.74) is 1.15. The molecular weight excluding hydrogens is 228 g/mol. The zero-order valence-corrected chi connectivity index (χ0v) is 10.6. The predicted molar refractivity (Wildman–Crippen MR) is 64.4 cm³/mol. The lowest BCUT2D eigenvalue weighted by molar-refractivity contribution is 0.231. The molecule has 3 atom stereocenters. The van der Waals surface area contributed by atoms with Gasteiger partial charge in [0.25, 0.3) is 0 Å². The Hall–Kier alpha value is -0.150. The van der Waals surface area contributed by atoms with Crippen LogP contribution in [0, 0.1) is 11.8 Å². The van der Waals surface area contributed by atoms with Crippen LogP contribution in [0.1, 0.15) is 38.3 Å². The first-order valence-electron chi connectivity index (χ1n) is 5.69. The van der Waals surface area contributed by atoms with Crippen LogP contribution < -0.4 is 0 Å². The molecule has 1 aliphatic rings. The molecule has 2 nitrogen and oxygen atoms in total. The maximum absolute atomic E-state index is 6.24. The molecule has 15 heavy (non-hydrogen) atoms. The average Bonchev–Trinajstić information content (AvgIpc) is 2.71. The van der Waals surface area contributed by atoms with Crippen molar-refractivity contribution in [3.63, 3.8) is 0 Å². The summed E-state index contributed by atoms with van der Waals surface area (Å²) in [4.78, 5) is 0. The largest absolute Gasteiger partial charge is 0.143 e. The van der Waals surface area contributed by atoms with Crippen LogP contribution in [-0.4, -0.2) is 15.0 Å². The number of aromatic nitrogens is 2. The van der Waals surface area contributed by atoms with Gasteiger partial charge in [-0.2, -0.15) is 0 Å². The van der Waals surface area contributed by atoms with Gasteiger partial charge in [-0.25, -0.2) is 0 Å². The average molecular weight is 245 g/mol. The fourth-order valence-corrected chi connectivity index (χ4v) is 3.42. The quantitative estimate of drug-likeness (QED) is 0.761. The normalized spacial score (nSPS) is 31.7. The summed E-state index contributed by atoms with van der Waals surface area (Å²) >= 11 is 7.68. The van der Waals surface area contributed by atoms with Gasteiger partial charge >= 0.3 is 0 Å². The van der Waals surface area contributed by atoms with Crippen molar-refractivity contribution in [1.82, 2.24) is 9.59 Å². The zero-order chi connectivity index (χ0) is 10.7. The van der Waals surface area contributed by atoms with Gasteiger partial charge in [0.15, 0.2) is 0 Å². The summed E-state index contributed by atoms with van der Waals surface area (Å²) < 4.78 is 3.92. The minimum absolute atomic E-state index is 0.379. The Morgan fingerprint density at radius 2 is 2.33 bits per heavy atom. The van der Waals surface area contributed by atoms with E-state index in [0.717, 1.165) is 30.4 Å². The van der Waals surface area contributed by atoms with E-state index in [1.54, 1.807) is 0 Å². The third kappa shape index (κ3) is 2.91. The van der Waals surface area contributed by atoms with E-state index in [0.29, 0.717) is 5.38 Å². The van der Waals surface area contributed by atoms with E-state index in [-0.39, 0.29) is 0 Å². The molecule has 0 aliphatic heterocycles. The Morgan fingerprint density at radius 1 is 1.47 bits per heavy atom. The smallest absolute Gasteiger partial charge is 0.0758 e. The molecule has 0 spiro atoms. The lowest BCUT2D eigenvalue weighted by atomic mass is 9.75. The van der Waals surface area contributed by atoms with Crippen LogP contribution in [0.25, 0.3) is 0 Å². The fourth-order valence-electron chi connectivity index (χ4n) is 2.60. The van der Waals surface area contributed by atoms with Crippen molar-refractivity contribution < 1.29 is 0 Å². The topological polar surface area (TPSA) is 25.8 Å². The van der Waals surface area contributed by atoms with E-state index < -0.39 is 0 Å². The van der Waals surface area contributed by atoms with Crippen LogP contribution in [0.2, 0.25) is 0 Å². The maximum atomic E-state index is 6.24. The maximum Gasteiger partial charge on any atom is 0.0758 e. The minimum atomic E-state index is 0.379. The molecular formula is C11H17ClN2S. The highest BCUT2D eigenvalue weighted by Crippen LogP contribution is 2.36. The molecule has 1 heterocycles. The van der Waals surface area contributed by atoms with Crippen LogP contribution in [0.15, 0.2) is 5.38 Å². The Labute approximate surface area is 100 Å². The van der Waals surface area contributed by atoms with Crippen LogP contribution in [0.4, 0.5) is 0 Å². The molecule has 0 saturated heterocycles. The fraction of sp³-hybridized carbons (Fsp3) is 0.818. The summed E-state index contributed by atoms with van der Waals surface area (Å²) in [5, 5.41) is 6.57. The molecule has 2 rings (SSSR count). The van der Waals surface area contributed by atoms with Gasteiger partial charge in [0.05, 0.1) is 5.69 Å². The predicted octanol–water partition coefficient (Wildman–Crippen LogP) is 3.51. The SMILES string of the molecule is CCC1CCC(Cl)CC1Cc1csnn1. The second-order valence-electron chi connectivity index (χ2n) is 4.44. The number of halogens is 1. The monoisotopic (exact) mass is 244 g/mol. The van der Waals surface area contributed by atoms with E-state index in [4.69, 9.17) is 11.6 Å². The zero-order valence-electron chi connectivity index (χ0n) is 9.03. The molecule has 0 amide bonds. The van der Waals surface area contributed by atoms with E-state index in [2.05, 4.69) is 21.9 Å². The van der Waals surface area contributed by atoms with Gasteiger partial charge in [0.2, 0.25) is 0 Å². The molecule has 0 aromatic carbocycles. The molecule has 0 radical (unpaired) electrons. The molecule has 1 aromatic heterocycles. The molecule has 84 valence electrons. The van der Waals surface area contributed by atoms with Crippen LogP contribution in [-0.2, 0) is 6.42 Å². The number of alkyl halides is 1. The highest BCUT2D eigenvalue weighted by Gasteiger charge is 2.28. The Bertz CT molecular complexity index is 289. The van der Waals surface area contributed by atoms with Gasteiger partial charge in [-0.05, 0) is 49.1 Å². The third-order valence-corrected chi connectivity index (χ3v) is 4.43. The first-order chi connectivity index (χ1) is 7.29. The molecule has 0 bridgehead atoms. The van der Waals surface area contributed by atoms with Crippen LogP contribution in [0.5, 0.6) is 0 Å². The molecule has 1 fully saturated rings. The first kappa shape index (κ1) is 11.3. The minimum Gasteiger partial charge on any atom is -0.143 e. The Morgan fingerprint density at radius 3 is 3.00 bits per heavy atom. The van der Waals surface area contributed by atoms with E-state index in [1.165, 1.54) is 30.8 Å². The second-order valence-corrected chi connectivity index (χ2v) is 5.67. The number of nitrogens with zero attached hydrogens (tertiary/aromatic N) is 2. The molecule has 1 saturated carbocycles. The van der Waals surface area contributed by atoms with Gasteiger partial charge in [0, 0.05) is 10.8 Å². The molecule has 1 aliphatic carbocycles. The molecule has 3 unspecified atom stereocenters. The number of rotatable bonds is 3. The Balaban J connectivity index is 1.98. The molecule has 0 N–H and O–H groups in total. The van der Waals surface area contributed by atoms with Gasteiger partial charge < -0.3 is 0 Å². The van der Waals surface area contributed by atoms with Crippen LogP contribution >= 0.6 is 23.1 Å². The van der Waals surface area contributed by atoms with E-state index >= 15 is 0 Å². The summed E-state index contributed by atoms with van der Waals surface area (Å²) in [6.07, 6.45) is 5.96. The number of hydrogen-bond donors (Lipinski definition) is 0. The van der Waals surface area contributed by atoms with Gasteiger partial charge in [-0.1, -0.05) is 17.8 Å². The van der Waals surface area contributed by atoms with Crippen LogP contribution in [0.3, 0.4) is 0 Å². The van der Waals surface area contributed by atoms with Crippen molar-refractivity contribution in [2.75, 3.05) is 0 Å². The van der Waals surface area contributed by atoms with Crippen molar-refractivity contribution >= 4 is 23.1 Å². The van der Waals surface area contributed by atoms with Crippen molar-refractivity contribution in [2.24, 2.45) is 11.8 Å². The first-order valence-corrected chi connectivity index (χ1v) is 6.97. The lowest BCUT2D eigenvalue weighted by Gasteiger charge is -2.33. The van der Waals surface area contributed by atoms with Crippen molar-refractivity contribution in [3.8, 4) is 0 Å². The van der Waals surface area contributed by atoms with Crippen molar-refractivity contribution in [2.45, 2.75) is 44.4 Å². The lowest BCUT2D eigenvalue weighted by Crippen LogP contribution is -2.26. The second kappa shape index (κ2) is 5.26. The summed E-state index contributed by atoms with van der Waals surface area (Å²) in [7, 11) is 0. The van der Waals surface area contributed by atoms with Crippen molar-refractivity contribution in [3.05, 3.63) is 11.1 Å².